The number of oxime groups is 1. The van der Waals surface area contributed by atoms with E-state index >= 15 is 0 Å². The molecule has 19 heteroatoms. The number of hydrogen-bond acceptors (Lipinski definition) is 19. The van der Waals surface area contributed by atoms with Crippen molar-refractivity contribution in [3.63, 3.8) is 0 Å². The van der Waals surface area contributed by atoms with Crippen molar-refractivity contribution in [2.75, 3.05) is 47.4 Å². The van der Waals surface area contributed by atoms with E-state index < -0.39 is 102 Å². The molecule has 1 unspecified atom stereocenters. The molecule has 3 aliphatic rings. The van der Waals surface area contributed by atoms with Crippen molar-refractivity contribution >= 4 is 23.0 Å². The Labute approximate surface area is 384 Å². The summed E-state index contributed by atoms with van der Waals surface area (Å²) in [4.78, 5) is 26.5. The number of carbonyl (C=O) groups excluding carboxylic acids is 1. The molecule has 0 spiro atoms. The Morgan fingerprint density at radius 1 is 0.953 bits per heavy atom. The maximum Gasteiger partial charge on any atom is 0.311 e. The molecule has 7 N–H and O–H groups in total. The van der Waals surface area contributed by atoms with E-state index in [1.807, 2.05) is 38.2 Å². The van der Waals surface area contributed by atoms with Gasteiger partial charge in [0.1, 0.15) is 35.5 Å². The Hall–Kier alpha value is -1.95. The minimum Gasteiger partial charge on any atom is -0.459 e. The molecule has 18 atom stereocenters. The summed E-state index contributed by atoms with van der Waals surface area (Å²) in [6, 6.07) is -0.325. The smallest absolute Gasteiger partial charge is 0.311 e. The molecule has 18 nitrogen and oxygen atoms in total. The fraction of sp³-hybridized carbons (Fsp3) is 0.889. The zero-order chi connectivity index (χ0) is 47.7. The molecular formula is C45H81N5O13S. The highest BCUT2D eigenvalue weighted by atomic mass is 32.1. The summed E-state index contributed by atoms with van der Waals surface area (Å²) in [5.74, 6) is -4.05. The summed E-state index contributed by atoms with van der Waals surface area (Å²) < 4.78 is 37.9. The van der Waals surface area contributed by atoms with Gasteiger partial charge in [0, 0.05) is 75.1 Å². The lowest BCUT2D eigenvalue weighted by molar-refractivity contribution is -0.317. The number of aromatic nitrogens is 1. The van der Waals surface area contributed by atoms with Gasteiger partial charge in [-0.15, -0.1) is 11.3 Å². The van der Waals surface area contributed by atoms with E-state index in [9.17, 15) is 30.3 Å². The first-order valence-corrected chi connectivity index (χ1v) is 23.9. The summed E-state index contributed by atoms with van der Waals surface area (Å²) >= 11 is 1.59. The molecule has 0 aliphatic carbocycles. The first kappa shape index (κ1) is 54.7. The second-order valence-electron chi connectivity index (χ2n) is 19.3. The van der Waals surface area contributed by atoms with Gasteiger partial charge < -0.3 is 74.3 Å². The number of nitrogens with one attached hydrogen (secondary N) is 2. The first-order chi connectivity index (χ1) is 30.0. The van der Waals surface area contributed by atoms with Gasteiger partial charge in [0.2, 0.25) is 0 Å². The second kappa shape index (κ2) is 23.9. The molecular weight excluding hydrogens is 851 g/mol. The summed E-state index contributed by atoms with van der Waals surface area (Å²) in [6.07, 6.45) is -7.61. The Kier molecular flexibility index (Phi) is 20.4. The van der Waals surface area contributed by atoms with Crippen molar-refractivity contribution < 1.29 is 63.6 Å². The van der Waals surface area contributed by atoms with Crippen molar-refractivity contribution in [2.24, 2.45) is 28.8 Å². The number of ether oxygens (including phenoxy) is 6. The Morgan fingerprint density at radius 2 is 1.64 bits per heavy atom. The average molecular weight is 932 g/mol. The molecule has 0 bridgehead atoms. The van der Waals surface area contributed by atoms with E-state index in [0.717, 1.165) is 5.01 Å². The molecule has 4 heterocycles. The predicted molar refractivity (Wildman–Crippen MR) is 241 cm³/mol. The number of esters is 1. The summed E-state index contributed by atoms with van der Waals surface area (Å²) in [5.41, 5.74) is -4.40. The van der Waals surface area contributed by atoms with Crippen molar-refractivity contribution in [3.05, 3.63) is 16.6 Å². The van der Waals surface area contributed by atoms with Gasteiger partial charge in [0.25, 0.3) is 0 Å². The lowest BCUT2D eigenvalue weighted by atomic mass is 9.73. The summed E-state index contributed by atoms with van der Waals surface area (Å²) in [7, 11) is 5.24. The molecule has 3 fully saturated rings. The number of rotatable bonds is 16. The minimum atomic E-state index is -1.95. The van der Waals surface area contributed by atoms with E-state index in [1.54, 1.807) is 66.0 Å². The molecule has 1 aromatic heterocycles. The topological polar surface area (TPSA) is 235 Å². The van der Waals surface area contributed by atoms with Crippen LogP contribution in [0.5, 0.6) is 0 Å². The van der Waals surface area contributed by atoms with Gasteiger partial charge in [-0.25, -0.2) is 4.98 Å². The molecule has 3 saturated heterocycles. The van der Waals surface area contributed by atoms with Crippen LogP contribution in [0.4, 0.5) is 0 Å². The predicted octanol–water partition coefficient (Wildman–Crippen LogP) is 2.43. The van der Waals surface area contributed by atoms with Crippen LogP contribution in [-0.4, -0.2) is 179 Å². The summed E-state index contributed by atoms with van der Waals surface area (Å²) in [5, 5.41) is 73.9. The maximum absolute atomic E-state index is 14.4. The third-order valence-electron chi connectivity index (χ3n) is 13.6. The van der Waals surface area contributed by atoms with Gasteiger partial charge in [-0.2, -0.15) is 0 Å². The highest BCUT2D eigenvalue weighted by Gasteiger charge is 2.53. The number of carbonyl (C=O) groups is 1. The van der Waals surface area contributed by atoms with Gasteiger partial charge in [-0.1, -0.05) is 32.9 Å². The van der Waals surface area contributed by atoms with Crippen molar-refractivity contribution in [3.8, 4) is 0 Å². The monoisotopic (exact) mass is 932 g/mol. The molecule has 370 valence electrons. The average Bonchev–Trinajstić information content (AvgIpc) is 3.76. The Balaban J connectivity index is 1.73. The number of thiazole rings is 1. The van der Waals surface area contributed by atoms with Crippen LogP contribution in [0.25, 0.3) is 0 Å². The number of cyclic esters (lactones) is 1. The van der Waals surface area contributed by atoms with Crippen LogP contribution >= 0.6 is 11.3 Å². The second-order valence-corrected chi connectivity index (χ2v) is 20.3. The van der Waals surface area contributed by atoms with Crippen LogP contribution in [0.1, 0.15) is 99.9 Å². The fourth-order valence-electron chi connectivity index (χ4n) is 9.67. The first-order valence-electron chi connectivity index (χ1n) is 23.0. The number of aliphatic hydroxyl groups excluding tert-OH is 3. The number of nitrogens with zero attached hydrogens (tertiary/aromatic N) is 3. The fourth-order valence-corrected chi connectivity index (χ4v) is 10.3. The van der Waals surface area contributed by atoms with Crippen LogP contribution in [0.2, 0.25) is 0 Å². The van der Waals surface area contributed by atoms with Crippen LogP contribution in [0, 0.1) is 23.7 Å². The van der Waals surface area contributed by atoms with E-state index in [1.165, 1.54) is 14.0 Å². The minimum absolute atomic E-state index is 0.00441. The quantitative estimate of drug-likeness (QED) is 0.0717. The molecule has 1 aromatic rings. The largest absolute Gasteiger partial charge is 0.459 e. The number of methoxy groups -OCH3 is 1. The molecule has 0 aromatic carbocycles. The molecule has 0 radical (unpaired) electrons. The van der Waals surface area contributed by atoms with Crippen molar-refractivity contribution in [1.29, 1.82) is 0 Å². The van der Waals surface area contributed by atoms with Gasteiger partial charge >= 0.3 is 5.97 Å². The van der Waals surface area contributed by atoms with Crippen molar-refractivity contribution in [2.45, 2.75) is 186 Å². The molecule has 0 saturated carbocycles. The van der Waals surface area contributed by atoms with Gasteiger partial charge in [-0.3, -0.25) is 4.79 Å². The standard InChI is InChI=1S/C45H81N5O13S/c1-14-32-45(10,56)38(52)27(4)35(49-58-19-17-46-15-16-47-24-33-48-18-20-64-33)25(2)22-43(8,55)40(63-42-36(51)31(50(11)12)21-26(3)59-42)28(5)37(29(6)41(54)61-32)62-34-23-44(9,57-13)39(53)30(7)60-34/h18,20,25-32,34,36-40,42,46-47,51-53,55-56H,14-17,19,21-24H2,1-13H3/b49-35+/t25-,26-,27+,28+,29-,30+,31?,32-,34+,36+,37+,38+,39-,40+,42+,43-,44-,45-/m1/s1. The third kappa shape index (κ3) is 13.6. The van der Waals surface area contributed by atoms with E-state index in [0.29, 0.717) is 38.3 Å². The normalized spacial score (nSPS) is 42.6. The number of aliphatic hydroxyl groups is 5. The molecule has 3 aliphatic heterocycles. The van der Waals surface area contributed by atoms with Crippen LogP contribution < -0.4 is 10.6 Å². The highest BCUT2D eigenvalue weighted by Crippen LogP contribution is 2.41. The van der Waals surface area contributed by atoms with Gasteiger partial charge in [0.05, 0.1) is 53.4 Å². The third-order valence-corrected chi connectivity index (χ3v) is 14.4. The van der Waals surface area contributed by atoms with Crippen molar-refractivity contribution in [1.82, 2.24) is 20.5 Å². The Morgan fingerprint density at radius 3 is 2.27 bits per heavy atom. The van der Waals surface area contributed by atoms with Gasteiger partial charge in [0.15, 0.2) is 12.6 Å². The van der Waals surface area contributed by atoms with Gasteiger partial charge in [-0.05, 0) is 74.9 Å². The molecule has 4 rings (SSSR count). The van der Waals surface area contributed by atoms with E-state index in [4.69, 9.17) is 33.3 Å². The lowest BCUT2D eigenvalue weighted by Gasteiger charge is -2.49. The zero-order valence-corrected chi connectivity index (χ0v) is 41.2. The number of hydrogen-bond donors (Lipinski definition) is 7. The molecule has 64 heavy (non-hydrogen) atoms. The highest BCUT2D eigenvalue weighted by molar-refractivity contribution is 7.09. The van der Waals surface area contributed by atoms with Crippen LogP contribution in [-0.2, 0) is 44.6 Å². The van der Waals surface area contributed by atoms with E-state index in [2.05, 4.69) is 20.8 Å². The maximum atomic E-state index is 14.4. The lowest BCUT2D eigenvalue weighted by Crippen LogP contribution is -2.61. The van der Waals surface area contributed by atoms with Crippen LogP contribution in [0.3, 0.4) is 0 Å². The SMILES string of the molecule is CC[C@H]1OC(=O)[C@H](C)[C@@H](O[C@H]2C[C@@](C)(OC)[C@H](O)[C@H](C)O2)[C@H](C)[C@H](O[C@@H]2O[C@H](C)CC(N(C)C)[C@@H]2O)[C@](C)(O)C[C@@H](C)/C(=N\OCCNCCNCc2nccs2)[C@H](C)[C@H](O)[C@]1(C)O. The summed E-state index contributed by atoms with van der Waals surface area (Å²) in [6.45, 7) is 19.9. The Bertz CT molecular complexity index is 1590. The molecule has 0 amide bonds. The number of likely N-dealkylation sites (N-methyl/N-ethyl adjacent to an activating group) is 1. The van der Waals surface area contributed by atoms with E-state index in [-0.39, 0.29) is 38.0 Å². The van der Waals surface area contributed by atoms with Crippen LogP contribution in [0.15, 0.2) is 16.7 Å². The zero-order valence-electron chi connectivity index (χ0n) is 40.4.